The Balaban J connectivity index is 1.75. The second kappa shape index (κ2) is 7.53. The predicted molar refractivity (Wildman–Crippen MR) is 106 cm³/mol. The van der Waals surface area contributed by atoms with Crippen molar-refractivity contribution in [3.8, 4) is 0 Å². The molecule has 3 heterocycles. The zero-order valence-electron chi connectivity index (χ0n) is 14.9. The third-order valence-corrected chi connectivity index (χ3v) is 5.15. The van der Waals surface area contributed by atoms with Crippen LogP contribution in [0.25, 0.3) is 11.0 Å². The molecule has 0 atom stereocenters. The van der Waals surface area contributed by atoms with Crippen molar-refractivity contribution in [1.82, 2.24) is 19.7 Å². The van der Waals surface area contributed by atoms with Crippen molar-refractivity contribution in [2.24, 2.45) is 0 Å². The lowest BCUT2D eigenvalue weighted by Crippen LogP contribution is -2.36. The summed E-state index contributed by atoms with van der Waals surface area (Å²) in [4.78, 5) is 15.5. The van der Waals surface area contributed by atoms with Crippen molar-refractivity contribution in [2.75, 3.05) is 43.6 Å². The van der Waals surface area contributed by atoms with E-state index in [9.17, 15) is 0 Å². The minimum absolute atomic E-state index is 0.751. The zero-order valence-corrected chi connectivity index (χ0v) is 15.7. The lowest BCUT2D eigenvalue weighted by atomic mass is 10.2. The second-order valence-electron chi connectivity index (χ2n) is 6.13. The average molecular weight is 370 g/mol. The molecule has 1 aromatic carbocycles. The molecule has 1 fully saturated rings. The number of aryl methyl sites for hydroxylation is 1. The Kier molecular flexibility index (Phi) is 4.96. The van der Waals surface area contributed by atoms with Crippen LogP contribution in [0.15, 0.2) is 35.6 Å². The summed E-state index contributed by atoms with van der Waals surface area (Å²) < 4.78 is 8.64. The Morgan fingerprint density at radius 1 is 1.23 bits per heavy atom. The van der Waals surface area contributed by atoms with Gasteiger partial charge < -0.3 is 19.9 Å². The summed E-state index contributed by atoms with van der Waals surface area (Å²) in [6, 6.07) is 6.45. The van der Waals surface area contributed by atoms with Gasteiger partial charge in [0.1, 0.15) is 17.8 Å². The Bertz CT molecular complexity index is 906. The van der Waals surface area contributed by atoms with Crippen LogP contribution in [0.5, 0.6) is 0 Å². The molecular weight excluding hydrogens is 348 g/mol. The normalized spacial score (nSPS) is 14.8. The van der Waals surface area contributed by atoms with E-state index in [1.807, 2.05) is 13.2 Å². The van der Waals surface area contributed by atoms with Gasteiger partial charge in [-0.15, -0.1) is 0 Å². The third kappa shape index (κ3) is 3.35. The van der Waals surface area contributed by atoms with Crippen LogP contribution in [0.4, 0.5) is 17.2 Å². The molecule has 1 aliphatic heterocycles. The van der Waals surface area contributed by atoms with Crippen molar-refractivity contribution in [3.63, 3.8) is 0 Å². The first-order chi connectivity index (χ1) is 12.8. The molecule has 1 aliphatic rings. The van der Waals surface area contributed by atoms with Gasteiger partial charge in [0.15, 0.2) is 0 Å². The quantitative estimate of drug-likeness (QED) is 0.596. The van der Waals surface area contributed by atoms with Crippen molar-refractivity contribution in [3.05, 3.63) is 36.3 Å². The molecule has 136 valence electrons. The second-order valence-corrected chi connectivity index (χ2v) is 7.21. The highest BCUT2D eigenvalue weighted by atomic mass is 32.2. The third-order valence-electron chi connectivity index (χ3n) is 4.46. The number of aromatic nitrogens is 3. The number of rotatable bonds is 5. The number of morpholine rings is 1. The fourth-order valence-electron chi connectivity index (χ4n) is 3.22. The fourth-order valence-corrected chi connectivity index (χ4v) is 3.76. The largest absolute Gasteiger partial charge is 0.378 e. The van der Waals surface area contributed by atoms with Crippen LogP contribution in [0.1, 0.15) is 5.56 Å². The van der Waals surface area contributed by atoms with Gasteiger partial charge >= 0.3 is 0 Å². The SMILES string of the molecule is CNSc1ccc(N2CCOCC2)c(Nc2ncnc3[nH]cc(C)c23)c1. The maximum absolute atomic E-state index is 5.50. The van der Waals surface area contributed by atoms with E-state index < -0.39 is 0 Å². The first kappa shape index (κ1) is 17.1. The minimum atomic E-state index is 0.751. The van der Waals surface area contributed by atoms with E-state index in [4.69, 9.17) is 4.74 Å². The summed E-state index contributed by atoms with van der Waals surface area (Å²) in [5.41, 5.74) is 4.16. The van der Waals surface area contributed by atoms with Gasteiger partial charge in [0.2, 0.25) is 0 Å². The molecule has 0 spiro atoms. The van der Waals surface area contributed by atoms with E-state index in [0.29, 0.717) is 0 Å². The molecule has 0 bridgehead atoms. The molecule has 0 saturated carbocycles. The van der Waals surface area contributed by atoms with Crippen LogP contribution in [0, 0.1) is 6.92 Å². The van der Waals surface area contributed by atoms with Gasteiger partial charge in [-0.3, -0.25) is 4.72 Å². The Hall–Kier alpha value is -2.29. The van der Waals surface area contributed by atoms with E-state index in [1.54, 1.807) is 18.3 Å². The van der Waals surface area contributed by atoms with Gasteiger partial charge in [-0.25, -0.2) is 9.97 Å². The monoisotopic (exact) mass is 370 g/mol. The highest BCUT2D eigenvalue weighted by molar-refractivity contribution is 7.97. The molecule has 3 aromatic rings. The molecule has 0 amide bonds. The Morgan fingerprint density at radius 3 is 2.88 bits per heavy atom. The molecule has 1 saturated heterocycles. The number of aromatic amines is 1. The molecule has 3 N–H and O–H groups in total. The van der Waals surface area contributed by atoms with E-state index in [-0.39, 0.29) is 0 Å². The lowest BCUT2D eigenvalue weighted by Gasteiger charge is -2.31. The molecule has 7 nitrogen and oxygen atoms in total. The topological polar surface area (TPSA) is 78.1 Å². The summed E-state index contributed by atoms with van der Waals surface area (Å²) in [6.45, 7) is 5.33. The molecule has 0 aliphatic carbocycles. The fraction of sp³-hybridized carbons (Fsp3) is 0.333. The summed E-state index contributed by atoms with van der Waals surface area (Å²) in [5.74, 6) is 0.815. The minimum Gasteiger partial charge on any atom is -0.378 e. The van der Waals surface area contributed by atoms with Gasteiger partial charge in [-0.05, 0) is 49.7 Å². The average Bonchev–Trinajstić information content (AvgIpc) is 3.05. The summed E-state index contributed by atoms with van der Waals surface area (Å²) in [5, 5.41) is 4.56. The first-order valence-corrected chi connectivity index (χ1v) is 9.44. The number of fused-ring (bicyclic) bond motifs is 1. The van der Waals surface area contributed by atoms with Crippen molar-refractivity contribution in [2.45, 2.75) is 11.8 Å². The number of ether oxygens (including phenoxy) is 1. The van der Waals surface area contributed by atoms with E-state index >= 15 is 0 Å². The van der Waals surface area contributed by atoms with Crippen LogP contribution >= 0.6 is 11.9 Å². The molecule has 0 unspecified atom stereocenters. The van der Waals surface area contributed by atoms with Crippen molar-refractivity contribution in [1.29, 1.82) is 0 Å². The molecular formula is C18H22N6OS. The maximum atomic E-state index is 5.50. The number of hydrogen-bond acceptors (Lipinski definition) is 7. The molecule has 8 heteroatoms. The van der Waals surface area contributed by atoms with Crippen LogP contribution in [0.2, 0.25) is 0 Å². The number of hydrogen-bond donors (Lipinski definition) is 3. The molecule has 0 radical (unpaired) electrons. The van der Waals surface area contributed by atoms with Crippen LogP contribution in [-0.4, -0.2) is 48.3 Å². The van der Waals surface area contributed by atoms with Crippen LogP contribution < -0.4 is 14.9 Å². The number of anilines is 3. The smallest absolute Gasteiger partial charge is 0.143 e. The first-order valence-electron chi connectivity index (χ1n) is 8.62. The maximum Gasteiger partial charge on any atom is 0.143 e. The van der Waals surface area contributed by atoms with Gasteiger partial charge in [0.05, 0.1) is 30.0 Å². The number of nitrogens with one attached hydrogen (secondary N) is 3. The standard InChI is InChI=1S/C18H22N6OS/c1-12-10-20-17-16(12)18(22-11-21-17)23-14-9-13(26-19-2)3-4-15(14)24-5-7-25-8-6-24/h3-4,9-11,19H,5-8H2,1-2H3,(H2,20,21,22,23). The Labute approximate surface area is 156 Å². The number of nitrogens with zero attached hydrogens (tertiary/aromatic N) is 3. The van der Waals surface area contributed by atoms with E-state index in [2.05, 4.69) is 55.0 Å². The van der Waals surface area contributed by atoms with Gasteiger partial charge in [0, 0.05) is 24.2 Å². The molecule has 2 aromatic heterocycles. The highest BCUT2D eigenvalue weighted by Crippen LogP contribution is 2.34. The molecule has 4 rings (SSSR count). The van der Waals surface area contributed by atoms with E-state index in [0.717, 1.165) is 65.0 Å². The van der Waals surface area contributed by atoms with E-state index in [1.165, 1.54) is 0 Å². The van der Waals surface area contributed by atoms with Crippen LogP contribution in [-0.2, 0) is 4.74 Å². The highest BCUT2D eigenvalue weighted by Gasteiger charge is 2.17. The number of benzene rings is 1. The zero-order chi connectivity index (χ0) is 17.9. The van der Waals surface area contributed by atoms with Gasteiger partial charge in [-0.2, -0.15) is 0 Å². The summed E-state index contributed by atoms with van der Waals surface area (Å²) >= 11 is 1.59. The van der Waals surface area contributed by atoms with Gasteiger partial charge in [-0.1, -0.05) is 0 Å². The summed E-state index contributed by atoms with van der Waals surface area (Å²) in [6.07, 6.45) is 3.54. The van der Waals surface area contributed by atoms with Gasteiger partial charge in [0.25, 0.3) is 0 Å². The summed E-state index contributed by atoms with van der Waals surface area (Å²) in [7, 11) is 1.92. The van der Waals surface area contributed by atoms with Crippen molar-refractivity contribution >= 4 is 40.2 Å². The Morgan fingerprint density at radius 2 is 2.08 bits per heavy atom. The van der Waals surface area contributed by atoms with Crippen LogP contribution in [0.3, 0.4) is 0 Å². The lowest BCUT2D eigenvalue weighted by molar-refractivity contribution is 0.123. The predicted octanol–water partition coefficient (Wildman–Crippen LogP) is 3.07. The molecule has 26 heavy (non-hydrogen) atoms. The number of H-pyrrole nitrogens is 1. The van der Waals surface area contributed by atoms with Crippen molar-refractivity contribution < 1.29 is 4.74 Å².